The number of hydrazine groups is 1. The molecule has 3 fully saturated rings. The van der Waals surface area contributed by atoms with E-state index < -0.39 is 69.5 Å². The number of nitrogens with one attached hydrogen (secondary N) is 1. The molecular weight excluding hydrogens is 927 g/mol. The number of phenols is 1. The largest absolute Gasteiger partial charge is 0.508 e. The molecule has 54 heavy (non-hydrogen) atoms. The number of rotatable bonds is 5. The number of carbonyl (C=O) groups is 4. The number of pyridine rings is 1. The van der Waals surface area contributed by atoms with Crippen LogP contribution in [0.4, 0.5) is 24.7 Å². The second-order valence-electron chi connectivity index (χ2n) is 13.6. The number of aromatic hydroxyl groups is 1. The first-order valence-corrected chi connectivity index (χ1v) is 19.2. The number of aromatic nitrogens is 1. The van der Waals surface area contributed by atoms with Crippen molar-refractivity contribution in [1.29, 1.82) is 0 Å². The quantitative estimate of drug-likeness (QED) is 0.117. The molecule has 4 aliphatic rings. The number of allylic oxidation sites excluding steroid dienone is 2. The second-order valence-corrected chi connectivity index (χ2v) is 16.6. The molecule has 0 unspecified atom stereocenters. The highest BCUT2D eigenvalue weighted by atomic mass is 127. The summed E-state index contributed by atoms with van der Waals surface area (Å²) in [5.41, 5.74) is 1.33. The number of halogens is 7. The maximum absolute atomic E-state index is 15.3. The van der Waals surface area contributed by atoms with Gasteiger partial charge >= 0.3 is 6.18 Å². The van der Waals surface area contributed by atoms with E-state index in [0.717, 1.165) is 3.57 Å². The van der Waals surface area contributed by atoms with Crippen LogP contribution < -0.4 is 10.3 Å². The van der Waals surface area contributed by atoms with Crippen molar-refractivity contribution in [1.82, 2.24) is 9.99 Å². The Labute approximate surface area is 337 Å². The van der Waals surface area contributed by atoms with Crippen molar-refractivity contribution in [2.75, 3.05) is 10.3 Å². The van der Waals surface area contributed by atoms with Crippen molar-refractivity contribution in [3.05, 3.63) is 125 Å². The summed E-state index contributed by atoms with van der Waals surface area (Å²) >= 11 is 18.2. The van der Waals surface area contributed by atoms with Gasteiger partial charge in [0.1, 0.15) is 5.75 Å². The van der Waals surface area contributed by atoms with Crippen LogP contribution >= 0.6 is 61.7 Å². The third-order valence-corrected chi connectivity index (χ3v) is 12.7. The number of anilines is 2. The predicted molar refractivity (Wildman–Crippen MR) is 204 cm³/mol. The Bertz CT molecular complexity index is 2310. The Morgan fingerprint density at radius 3 is 2.30 bits per heavy atom. The average molecular weight is 952 g/mol. The van der Waals surface area contributed by atoms with E-state index in [1.54, 1.807) is 60.7 Å². The van der Waals surface area contributed by atoms with Gasteiger partial charge in [-0.05, 0) is 108 Å². The maximum Gasteiger partial charge on any atom is 0.417 e. The van der Waals surface area contributed by atoms with Crippen LogP contribution in [0.3, 0.4) is 0 Å². The molecule has 2 aliphatic heterocycles. The average Bonchev–Trinajstić information content (AvgIpc) is 3.51. The van der Waals surface area contributed by atoms with Crippen LogP contribution in [0.15, 0.2) is 95.1 Å². The van der Waals surface area contributed by atoms with E-state index in [1.807, 2.05) is 6.08 Å². The van der Waals surface area contributed by atoms with Gasteiger partial charge in [0.25, 0.3) is 11.8 Å². The summed E-state index contributed by atoms with van der Waals surface area (Å²) in [5.74, 6) is -7.60. The van der Waals surface area contributed by atoms with Gasteiger partial charge in [-0.2, -0.15) is 18.2 Å². The molecular formula is C38H25BrCl2F3IN4O5. The van der Waals surface area contributed by atoms with Crippen LogP contribution in [0.2, 0.25) is 10.0 Å². The molecule has 9 nitrogen and oxygen atoms in total. The number of alkyl halides is 3. The zero-order valence-electron chi connectivity index (χ0n) is 27.5. The van der Waals surface area contributed by atoms with E-state index in [4.69, 9.17) is 23.2 Å². The molecule has 1 saturated carbocycles. The van der Waals surface area contributed by atoms with Crippen LogP contribution in [0, 0.1) is 27.2 Å². The summed E-state index contributed by atoms with van der Waals surface area (Å²) in [5, 5.41) is 12.1. The fourth-order valence-corrected chi connectivity index (χ4v) is 9.80. The van der Waals surface area contributed by atoms with E-state index in [1.165, 1.54) is 11.0 Å². The number of nitrogens with zero attached hydrogens (tertiary/aromatic N) is 3. The van der Waals surface area contributed by atoms with Gasteiger partial charge in [-0.25, -0.2) is 4.98 Å². The Morgan fingerprint density at radius 1 is 0.926 bits per heavy atom. The van der Waals surface area contributed by atoms with Gasteiger partial charge in [-0.1, -0.05) is 62.9 Å². The van der Waals surface area contributed by atoms with E-state index >= 15 is 4.79 Å². The summed E-state index contributed by atoms with van der Waals surface area (Å²) in [6.45, 7) is 0. The van der Waals surface area contributed by atoms with Crippen LogP contribution in [-0.2, 0) is 30.8 Å². The predicted octanol–water partition coefficient (Wildman–Crippen LogP) is 8.67. The molecule has 3 aromatic carbocycles. The molecule has 276 valence electrons. The number of imide groups is 2. The van der Waals surface area contributed by atoms with Crippen molar-refractivity contribution in [3.63, 3.8) is 0 Å². The van der Waals surface area contributed by atoms with E-state index in [0.29, 0.717) is 43.6 Å². The van der Waals surface area contributed by atoms with Gasteiger partial charge in [0, 0.05) is 30.7 Å². The molecule has 2 N–H and O–H groups in total. The number of carbonyl (C=O) groups excluding carboxylic acids is 4. The number of amides is 4. The van der Waals surface area contributed by atoms with E-state index in [-0.39, 0.29) is 35.9 Å². The maximum atomic E-state index is 15.3. The third-order valence-electron chi connectivity index (χ3n) is 10.9. The lowest BCUT2D eigenvalue weighted by atomic mass is 9.49. The Balaban J connectivity index is 1.32. The fourth-order valence-electron chi connectivity index (χ4n) is 8.73. The van der Waals surface area contributed by atoms with Crippen LogP contribution in [0.25, 0.3) is 0 Å². The highest BCUT2D eigenvalue weighted by molar-refractivity contribution is 14.1. The van der Waals surface area contributed by atoms with E-state index in [9.17, 15) is 32.7 Å². The molecule has 2 saturated heterocycles. The minimum Gasteiger partial charge on any atom is -0.508 e. The Hall–Kier alpha value is -3.99. The Kier molecular flexibility index (Phi) is 9.13. The van der Waals surface area contributed by atoms with Gasteiger partial charge < -0.3 is 5.11 Å². The molecule has 1 aromatic heterocycles. The van der Waals surface area contributed by atoms with Crippen molar-refractivity contribution >= 4 is 96.9 Å². The first-order valence-electron chi connectivity index (χ1n) is 16.6. The highest BCUT2D eigenvalue weighted by Crippen LogP contribution is 2.65. The summed E-state index contributed by atoms with van der Waals surface area (Å²) in [6.07, 6.45) is -2.28. The fraction of sp³-hybridized carbons (Fsp3) is 0.237. The van der Waals surface area contributed by atoms with Crippen molar-refractivity contribution in [2.24, 2.45) is 23.7 Å². The topological polar surface area (TPSA) is 120 Å². The van der Waals surface area contributed by atoms with E-state index in [2.05, 4.69) is 48.9 Å². The molecule has 6 atom stereocenters. The number of hydrogen-bond acceptors (Lipinski definition) is 7. The number of benzene rings is 3. The highest BCUT2D eigenvalue weighted by Gasteiger charge is 2.70. The second kappa shape index (κ2) is 13.3. The standard InChI is InChI=1S/C38H25BrCl2F3IN4O5/c39-19-3-12-29(50)26(14-19)31-23-10-11-24-30(35(53)48(33(24)51)22-8-6-21(45)7-9-22)25(23)15-27-34(52)49(36(54)37(27,31)17-1-4-20(40)5-2-17)47-32-28(41)13-18(16-46-32)38(42,43)44/h1-10,12-14,16,24-25,27,30-31,50H,11,15H2,(H,46,47)/t24-,25+,27-,30-,31+,37+/m0/s1. The van der Waals surface area contributed by atoms with Crippen LogP contribution in [0.5, 0.6) is 5.75 Å². The number of fused-ring (bicyclic) bond motifs is 4. The third kappa shape index (κ3) is 5.65. The molecule has 0 radical (unpaired) electrons. The minimum absolute atomic E-state index is 0.0582. The first-order chi connectivity index (χ1) is 25.6. The lowest BCUT2D eigenvalue weighted by molar-refractivity contribution is -0.139. The molecule has 4 aromatic rings. The molecule has 16 heteroatoms. The van der Waals surface area contributed by atoms with Gasteiger partial charge in [-0.3, -0.25) is 29.5 Å². The smallest absolute Gasteiger partial charge is 0.417 e. The van der Waals surface area contributed by atoms with Gasteiger partial charge in [0.2, 0.25) is 11.8 Å². The van der Waals surface area contributed by atoms with Gasteiger partial charge in [0.05, 0.1) is 39.4 Å². The molecule has 4 amide bonds. The summed E-state index contributed by atoms with van der Waals surface area (Å²) in [4.78, 5) is 63.5. The van der Waals surface area contributed by atoms with Crippen molar-refractivity contribution < 1.29 is 37.5 Å². The first kappa shape index (κ1) is 37.0. The lowest BCUT2D eigenvalue weighted by Gasteiger charge is -2.50. The molecule has 0 spiro atoms. The van der Waals surface area contributed by atoms with Crippen molar-refractivity contribution in [2.45, 2.75) is 30.4 Å². The molecule has 3 heterocycles. The van der Waals surface area contributed by atoms with Crippen molar-refractivity contribution in [3.8, 4) is 5.75 Å². The Morgan fingerprint density at radius 2 is 1.63 bits per heavy atom. The lowest BCUT2D eigenvalue weighted by Crippen LogP contribution is -2.53. The molecule has 0 bridgehead atoms. The molecule has 8 rings (SSSR count). The summed E-state index contributed by atoms with van der Waals surface area (Å²) in [7, 11) is 0. The van der Waals surface area contributed by atoms with Crippen LogP contribution in [0.1, 0.15) is 35.4 Å². The number of phenolic OH excluding ortho intramolecular Hbond substituents is 1. The zero-order chi connectivity index (χ0) is 38.4. The van der Waals surface area contributed by atoms with Crippen LogP contribution in [-0.4, -0.2) is 38.7 Å². The summed E-state index contributed by atoms with van der Waals surface area (Å²) in [6, 6.07) is 18.7. The number of hydrogen-bond donors (Lipinski definition) is 2. The molecule has 2 aliphatic carbocycles. The zero-order valence-corrected chi connectivity index (χ0v) is 32.7. The normalized spacial score (nSPS) is 26.4. The SMILES string of the molecule is O=C1[C@@H]2C[C@@H]3C(=CC[C@@H]4C(=O)N(c5ccc(I)cc5)C(=O)[C@@H]43)[C@H](c3cc(Br)ccc3O)[C@]2(c2ccc(Cl)cc2)C(=O)N1Nc1ncc(C(F)(F)F)cc1Cl. The summed E-state index contributed by atoms with van der Waals surface area (Å²) < 4.78 is 41.9. The van der Waals surface area contributed by atoms with Gasteiger partial charge in [0.15, 0.2) is 5.82 Å². The monoisotopic (exact) mass is 950 g/mol. The minimum atomic E-state index is -4.75. The van der Waals surface area contributed by atoms with Gasteiger partial charge in [-0.15, -0.1) is 0 Å².